The molecule has 5 nitrogen and oxygen atoms in total. The number of benzene rings is 1. The predicted octanol–water partition coefficient (Wildman–Crippen LogP) is 2.38. The van der Waals surface area contributed by atoms with Crippen molar-refractivity contribution in [3.63, 3.8) is 0 Å². The highest BCUT2D eigenvalue weighted by atomic mass is 15.3. The van der Waals surface area contributed by atoms with Crippen molar-refractivity contribution in [1.29, 1.82) is 0 Å². The van der Waals surface area contributed by atoms with E-state index in [1.54, 1.807) is 0 Å². The Balaban J connectivity index is 1.48. The average molecular weight is 323 g/mol. The van der Waals surface area contributed by atoms with Crippen molar-refractivity contribution in [1.82, 2.24) is 15.1 Å². The minimum Gasteiger partial charge on any atom is -0.361 e. The predicted molar refractivity (Wildman–Crippen MR) is 100 cm³/mol. The third-order valence-electron chi connectivity index (χ3n) is 4.26. The molecule has 1 fully saturated rings. The third-order valence-corrected chi connectivity index (χ3v) is 4.26. The maximum absolute atomic E-state index is 4.35. The molecule has 2 aromatic rings. The van der Waals surface area contributed by atoms with Crippen molar-refractivity contribution >= 4 is 17.7 Å². The first-order valence-electron chi connectivity index (χ1n) is 8.42. The molecule has 0 radical (unpaired) electrons. The highest BCUT2D eigenvalue weighted by Gasteiger charge is 2.17. The molecule has 0 bridgehead atoms. The van der Waals surface area contributed by atoms with Gasteiger partial charge in [0.2, 0.25) is 0 Å². The summed E-state index contributed by atoms with van der Waals surface area (Å²) in [6, 6.07) is 14.5. The van der Waals surface area contributed by atoms with Gasteiger partial charge in [-0.25, -0.2) is 0 Å². The minimum atomic E-state index is 0.892. The van der Waals surface area contributed by atoms with Gasteiger partial charge in [-0.1, -0.05) is 42.5 Å². The fourth-order valence-electron chi connectivity index (χ4n) is 2.79. The van der Waals surface area contributed by atoms with Crippen LogP contribution < -0.4 is 9.80 Å². The quantitative estimate of drug-likeness (QED) is 0.844. The van der Waals surface area contributed by atoms with Gasteiger partial charge in [-0.15, -0.1) is 10.2 Å². The van der Waals surface area contributed by atoms with E-state index < -0.39 is 0 Å². The monoisotopic (exact) mass is 323 g/mol. The lowest BCUT2D eigenvalue weighted by Gasteiger charge is -2.34. The summed E-state index contributed by atoms with van der Waals surface area (Å²) in [6.07, 6.45) is 4.44. The first kappa shape index (κ1) is 16.5. The van der Waals surface area contributed by atoms with Crippen LogP contribution in [0, 0.1) is 0 Å². The zero-order valence-electron chi connectivity index (χ0n) is 14.5. The molecule has 0 aliphatic carbocycles. The van der Waals surface area contributed by atoms with Crippen molar-refractivity contribution in [2.75, 3.05) is 56.6 Å². The minimum absolute atomic E-state index is 0.892. The molecule has 0 atom stereocenters. The molecule has 1 saturated heterocycles. The Bertz CT molecular complexity index is 643. The van der Waals surface area contributed by atoms with Crippen molar-refractivity contribution < 1.29 is 0 Å². The topological polar surface area (TPSA) is 35.5 Å². The molecule has 0 amide bonds. The van der Waals surface area contributed by atoms with Gasteiger partial charge in [0.15, 0.2) is 11.6 Å². The van der Waals surface area contributed by atoms with Gasteiger partial charge >= 0.3 is 0 Å². The fraction of sp³-hybridized carbons (Fsp3) is 0.368. The van der Waals surface area contributed by atoms with E-state index in [9.17, 15) is 0 Å². The van der Waals surface area contributed by atoms with Gasteiger partial charge in [0, 0.05) is 46.8 Å². The molecule has 24 heavy (non-hydrogen) atoms. The molecule has 0 saturated carbocycles. The van der Waals surface area contributed by atoms with Crippen LogP contribution in [0.3, 0.4) is 0 Å². The van der Waals surface area contributed by atoms with E-state index in [-0.39, 0.29) is 0 Å². The Labute approximate surface area is 144 Å². The second kappa shape index (κ2) is 7.93. The number of rotatable bonds is 5. The van der Waals surface area contributed by atoms with Crippen LogP contribution in [0.4, 0.5) is 11.6 Å². The molecule has 2 heterocycles. The Morgan fingerprint density at radius 3 is 2.33 bits per heavy atom. The normalized spacial score (nSPS) is 15.8. The van der Waals surface area contributed by atoms with Gasteiger partial charge in [-0.05, 0) is 17.7 Å². The van der Waals surface area contributed by atoms with Gasteiger partial charge in [-0.2, -0.15) is 0 Å². The maximum atomic E-state index is 4.35. The van der Waals surface area contributed by atoms with Crippen LogP contribution in [0.2, 0.25) is 0 Å². The summed E-state index contributed by atoms with van der Waals surface area (Å²) < 4.78 is 0. The molecule has 126 valence electrons. The van der Waals surface area contributed by atoms with Crippen LogP contribution in [0.1, 0.15) is 5.56 Å². The van der Waals surface area contributed by atoms with E-state index >= 15 is 0 Å². The molecule has 1 aromatic heterocycles. The molecular weight excluding hydrogens is 298 g/mol. The zero-order chi connectivity index (χ0) is 16.8. The van der Waals surface area contributed by atoms with Crippen LogP contribution in [-0.2, 0) is 0 Å². The molecule has 1 aliphatic heterocycles. The zero-order valence-corrected chi connectivity index (χ0v) is 14.5. The molecule has 0 spiro atoms. The number of piperazine rings is 1. The van der Waals surface area contributed by atoms with Crippen molar-refractivity contribution in [3.05, 3.63) is 54.1 Å². The second-order valence-corrected chi connectivity index (χ2v) is 6.24. The van der Waals surface area contributed by atoms with E-state index in [1.165, 1.54) is 5.56 Å². The highest BCUT2D eigenvalue weighted by Crippen LogP contribution is 2.15. The SMILES string of the molecule is CN(C)c1ccc(N2CCN(C/C=C/c3ccccc3)CC2)nn1. The smallest absolute Gasteiger partial charge is 0.151 e. The van der Waals surface area contributed by atoms with Crippen LogP contribution in [0.15, 0.2) is 48.5 Å². The highest BCUT2D eigenvalue weighted by molar-refractivity contribution is 5.49. The first-order chi connectivity index (χ1) is 11.7. The van der Waals surface area contributed by atoms with Gasteiger partial charge in [0.25, 0.3) is 0 Å². The average Bonchev–Trinajstić information content (AvgIpc) is 2.63. The lowest BCUT2D eigenvalue weighted by atomic mass is 10.2. The number of hydrogen-bond acceptors (Lipinski definition) is 5. The Morgan fingerprint density at radius 2 is 1.71 bits per heavy atom. The van der Waals surface area contributed by atoms with Gasteiger partial charge < -0.3 is 9.80 Å². The van der Waals surface area contributed by atoms with Crippen molar-refractivity contribution in [2.24, 2.45) is 0 Å². The standard InChI is InChI=1S/C19H25N5/c1-22(2)18-10-11-19(21-20-18)24-15-13-23(14-16-24)12-6-9-17-7-4-3-5-8-17/h3-11H,12-16H2,1-2H3/b9-6+. The number of anilines is 2. The summed E-state index contributed by atoms with van der Waals surface area (Å²) >= 11 is 0. The Morgan fingerprint density at radius 1 is 0.958 bits per heavy atom. The van der Waals surface area contributed by atoms with Crippen LogP contribution in [0.25, 0.3) is 6.08 Å². The van der Waals surface area contributed by atoms with Gasteiger partial charge in [0.1, 0.15) is 0 Å². The molecule has 0 unspecified atom stereocenters. The molecular formula is C19H25N5. The van der Waals surface area contributed by atoms with Gasteiger partial charge in [-0.3, -0.25) is 4.90 Å². The Hall–Kier alpha value is -2.40. The molecule has 0 N–H and O–H groups in total. The Kier molecular flexibility index (Phi) is 5.43. The lowest BCUT2D eigenvalue weighted by molar-refractivity contribution is 0.283. The van der Waals surface area contributed by atoms with Crippen molar-refractivity contribution in [2.45, 2.75) is 0 Å². The van der Waals surface area contributed by atoms with Gasteiger partial charge in [0.05, 0.1) is 0 Å². The summed E-state index contributed by atoms with van der Waals surface area (Å²) in [5.41, 5.74) is 1.26. The van der Waals surface area contributed by atoms with E-state index in [0.717, 1.165) is 44.4 Å². The molecule has 1 aromatic carbocycles. The largest absolute Gasteiger partial charge is 0.361 e. The summed E-state index contributed by atoms with van der Waals surface area (Å²) in [5.74, 6) is 1.86. The van der Waals surface area contributed by atoms with Crippen LogP contribution in [0.5, 0.6) is 0 Å². The van der Waals surface area contributed by atoms with E-state index in [1.807, 2.05) is 31.1 Å². The van der Waals surface area contributed by atoms with Crippen molar-refractivity contribution in [3.8, 4) is 0 Å². The third kappa shape index (κ3) is 4.32. The summed E-state index contributed by atoms with van der Waals surface area (Å²) in [6.45, 7) is 5.09. The lowest BCUT2D eigenvalue weighted by Crippen LogP contribution is -2.46. The first-order valence-corrected chi connectivity index (χ1v) is 8.42. The van der Waals surface area contributed by atoms with E-state index in [0.29, 0.717) is 0 Å². The summed E-state index contributed by atoms with van der Waals surface area (Å²) in [5, 5.41) is 8.62. The maximum Gasteiger partial charge on any atom is 0.151 e. The molecule has 1 aliphatic rings. The summed E-state index contributed by atoms with van der Waals surface area (Å²) in [4.78, 5) is 6.75. The second-order valence-electron chi connectivity index (χ2n) is 6.24. The van der Waals surface area contributed by atoms with Crippen LogP contribution in [-0.4, -0.2) is 61.9 Å². The van der Waals surface area contributed by atoms with Crippen LogP contribution >= 0.6 is 0 Å². The number of hydrogen-bond donors (Lipinski definition) is 0. The fourth-order valence-corrected chi connectivity index (χ4v) is 2.79. The number of nitrogens with zero attached hydrogens (tertiary/aromatic N) is 5. The molecule has 3 rings (SSSR count). The van der Waals surface area contributed by atoms with E-state index in [4.69, 9.17) is 0 Å². The number of aromatic nitrogens is 2. The van der Waals surface area contributed by atoms with E-state index in [2.05, 4.69) is 62.5 Å². The summed E-state index contributed by atoms with van der Waals surface area (Å²) in [7, 11) is 3.96. The molecule has 5 heteroatoms.